The van der Waals surface area contributed by atoms with Gasteiger partial charge in [0.25, 0.3) is 0 Å². The van der Waals surface area contributed by atoms with E-state index in [1.54, 1.807) is 0 Å². The molecule has 0 unspecified atom stereocenters. The molecule has 1 aromatic heterocycles. The number of nitrogens with zero attached hydrogens (tertiary/aromatic N) is 1. The van der Waals surface area contributed by atoms with E-state index >= 15 is 0 Å². The van der Waals surface area contributed by atoms with Crippen molar-refractivity contribution in [3.05, 3.63) is 41.0 Å². The van der Waals surface area contributed by atoms with Crippen molar-refractivity contribution >= 4 is 22.5 Å². The molecule has 0 saturated carbocycles. The SMILES string of the molecule is CCCC(C)(C)[C@@](C)(c1ccc2c(Cl)cccc2n1)C(C)(C)C. The molecule has 2 heteroatoms. The number of aromatic nitrogens is 1. The van der Waals surface area contributed by atoms with Crippen molar-refractivity contribution in [2.45, 2.75) is 66.7 Å². The Morgan fingerprint density at radius 1 is 0.957 bits per heavy atom. The van der Waals surface area contributed by atoms with Gasteiger partial charge in [0.15, 0.2) is 0 Å². The van der Waals surface area contributed by atoms with Gasteiger partial charge in [0.2, 0.25) is 0 Å². The zero-order valence-electron chi connectivity index (χ0n) is 15.6. The monoisotopic (exact) mass is 331 g/mol. The highest BCUT2D eigenvalue weighted by molar-refractivity contribution is 6.35. The first-order valence-corrected chi connectivity index (χ1v) is 8.98. The number of hydrogen-bond acceptors (Lipinski definition) is 1. The van der Waals surface area contributed by atoms with E-state index in [1.165, 1.54) is 18.5 Å². The number of fused-ring (bicyclic) bond motifs is 1. The van der Waals surface area contributed by atoms with Crippen LogP contribution in [0.5, 0.6) is 0 Å². The molecular formula is C21H30ClN. The fourth-order valence-electron chi connectivity index (χ4n) is 4.02. The number of halogens is 1. The standard InChI is InChI=1S/C21H30ClN/c1-8-14-20(5,6)21(7,19(2,3)4)18-13-12-15-16(22)10-9-11-17(15)23-18/h9-13H,8,14H2,1-7H3/t21-/m0/s1. The summed E-state index contributed by atoms with van der Waals surface area (Å²) in [5.74, 6) is 0. The highest BCUT2D eigenvalue weighted by atomic mass is 35.5. The maximum absolute atomic E-state index is 6.31. The average molecular weight is 332 g/mol. The van der Waals surface area contributed by atoms with Crippen molar-refractivity contribution < 1.29 is 0 Å². The largest absolute Gasteiger partial charge is 0.252 e. The summed E-state index contributed by atoms with van der Waals surface area (Å²) in [5, 5.41) is 1.80. The molecule has 1 nitrogen and oxygen atoms in total. The van der Waals surface area contributed by atoms with Crippen LogP contribution >= 0.6 is 11.6 Å². The van der Waals surface area contributed by atoms with Crippen LogP contribution in [0, 0.1) is 10.8 Å². The Morgan fingerprint density at radius 2 is 1.61 bits per heavy atom. The first-order chi connectivity index (χ1) is 10.5. The second kappa shape index (κ2) is 6.09. The van der Waals surface area contributed by atoms with Crippen molar-refractivity contribution in [2.24, 2.45) is 10.8 Å². The van der Waals surface area contributed by atoms with Crippen molar-refractivity contribution in [3.63, 3.8) is 0 Å². The predicted octanol–water partition coefficient (Wildman–Crippen LogP) is 7.02. The average Bonchev–Trinajstić information content (AvgIpc) is 2.45. The summed E-state index contributed by atoms with van der Waals surface area (Å²) in [6.45, 7) is 16.4. The summed E-state index contributed by atoms with van der Waals surface area (Å²) < 4.78 is 0. The molecule has 0 saturated heterocycles. The minimum atomic E-state index is -0.0352. The van der Waals surface area contributed by atoms with Crippen LogP contribution in [0.25, 0.3) is 10.9 Å². The number of rotatable bonds is 4. The first kappa shape index (κ1) is 18.3. The number of pyridine rings is 1. The molecule has 0 bridgehead atoms. The Balaban J connectivity index is 2.70. The van der Waals surface area contributed by atoms with E-state index in [0.717, 1.165) is 15.9 Å². The van der Waals surface area contributed by atoms with Crippen LogP contribution in [-0.4, -0.2) is 4.98 Å². The van der Waals surface area contributed by atoms with E-state index in [9.17, 15) is 0 Å². The zero-order valence-corrected chi connectivity index (χ0v) is 16.4. The molecule has 2 rings (SSSR count). The van der Waals surface area contributed by atoms with Crippen LogP contribution in [0.4, 0.5) is 0 Å². The van der Waals surface area contributed by atoms with Gasteiger partial charge in [0.1, 0.15) is 0 Å². The predicted molar refractivity (Wildman–Crippen MR) is 102 cm³/mol. The molecule has 0 fully saturated rings. The van der Waals surface area contributed by atoms with Gasteiger partial charge in [-0.05, 0) is 41.5 Å². The van der Waals surface area contributed by atoms with Crippen LogP contribution in [-0.2, 0) is 5.41 Å². The summed E-state index contributed by atoms with van der Waals surface area (Å²) in [6, 6.07) is 10.3. The van der Waals surface area contributed by atoms with Crippen LogP contribution in [0.1, 0.15) is 67.0 Å². The van der Waals surface area contributed by atoms with Gasteiger partial charge < -0.3 is 0 Å². The van der Waals surface area contributed by atoms with Gasteiger partial charge in [0.05, 0.1) is 5.52 Å². The Morgan fingerprint density at radius 3 is 2.17 bits per heavy atom. The Hall–Kier alpha value is -1.08. The van der Waals surface area contributed by atoms with Crippen molar-refractivity contribution in [1.29, 1.82) is 0 Å². The molecular weight excluding hydrogens is 302 g/mol. The van der Waals surface area contributed by atoms with E-state index in [0.29, 0.717) is 0 Å². The maximum atomic E-state index is 6.31. The summed E-state index contributed by atoms with van der Waals surface area (Å²) in [4.78, 5) is 5.04. The van der Waals surface area contributed by atoms with Crippen molar-refractivity contribution in [2.75, 3.05) is 0 Å². The fraction of sp³-hybridized carbons (Fsp3) is 0.571. The van der Waals surface area contributed by atoms with Crippen molar-refractivity contribution in [1.82, 2.24) is 4.98 Å². The third-order valence-electron chi connectivity index (χ3n) is 5.92. The lowest BCUT2D eigenvalue weighted by molar-refractivity contribution is 0.0432. The molecule has 2 aromatic rings. The van der Waals surface area contributed by atoms with Gasteiger partial charge >= 0.3 is 0 Å². The molecule has 0 radical (unpaired) electrons. The minimum Gasteiger partial charge on any atom is -0.252 e. The molecule has 0 aliphatic rings. The third kappa shape index (κ3) is 3.01. The lowest BCUT2D eigenvalue weighted by Gasteiger charge is -2.53. The summed E-state index contributed by atoms with van der Waals surface area (Å²) >= 11 is 6.31. The van der Waals surface area contributed by atoms with Gasteiger partial charge in [-0.15, -0.1) is 0 Å². The highest BCUT2D eigenvalue weighted by Crippen LogP contribution is 2.54. The second-order valence-electron chi connectivity index (χ2n) is 8.51. The van der Waals surface area contributed by atoms with Crippen LogP contribution in [0.3, 0.4) is 0 Å². The topological polar surface area (TPSA) is 12.9 Å². The Bertz CT molecular complexity index is 697. The molecule has 23 heavy (non-hydrogen) atoms. The van der Waals surface area contributed by atoms with Gasteiger partial charge in [-0.1, -0.05) is 72.6 Å². The smallest absolute Gasteiger partial charge is 0.0720 e. The summed E-state index contributed by atoms with van der Waals surface area (Å²) in [7, 11) is 0. The van der Waals surface area contributed by atoms with Gasteiger partial charge in [-0.2, -0.15) is 0 Å². The summed E-state index contributed by atoms with van der Waals surface area (Å²) in [5.41, 5.74) is 2.37. The first-order valence-electron chi connectivity index (χ1n) is 8.60. The van der Waals surface area contributed by atoms with Crippen LogP contribution in [0.2, 0.25) is 5.02 Å². The molecule has 1 aromatic carbocycles. The molecule has 126 valence electrons. The lowest BCUT2D eigenvalue weighted by Crippen LogP contribution is -2.49. The normalized spacial score (nSPS) is 15.7. The highest BCUT2D eigenvalue weighted by Gasteiger charge is 2.50. The zero-order chi connectivity index (χ0) is 17.5. The number of benzene rings is 1. The molecule has 0 aliphatic carbocycles. The Kier molecular flexibility index (Phi) is 4.84. The number of hydrogen-bond donors (Lipinski definition) is 0. The Labute approximate surface area is 146 Å². The van der Waals surface area contributed by atoms with E-state index in [-0.39, 0.29) is 16.2 Å². The van der Waals surface area contributed by atoms with E-state index in [1.807, 2.05) is 12.1 Å². The van der Waals surface area contributed by atoms with Crippen LogP contribution in [0.15, 0.2) is 30.3 Å². The molecule has 0 aliphatic heterocycles. The molecule has 0 spiro atoms. The quantitative estimate of drug-likeness (QED) is 0.586. The van der Waals surface area contributed by atoms with Gasteiger partial charge in [-0.3, -0.25) is 4.98 Å². The molecule has 1 heterocycles. The third-order valence-corrected chi connectivity index (χ3v) is 6.25. The molecule has 0 amide bonds. The van der Waals surface area contributed by atoms with Gasteiger partial charge in [0, 0.05) is 21.5 Å². The fourth-order valence-corrected chi connectivity index (χ4v) is 4.25. The maximum Gasteiger partial charge on any atom is 0.0720 e. The second-order valence-corrected chi connectivity index (χ2v) is 8.92. The van der Waals surface area contributed by atoms with Crippen LogP contribution < -0.4 is 0 Å². The van der Waals surface area contributed by atoms with E-state index in [4.69, 9.17) is 16.6 Å². The lowest BCUT2D eigenvalue weighted by atomic mass is 9.51. The molecule has 0 N–H and O–H groups in total. The van der Waals surface area contributed by atoms with E-state index < -0.39 is 0 Å². The van der Waals surface area contributed by atoms with Gasteiger partial charge in [-0.25, -0.2) is 0 Å². The van der Waals surface area contributed by atoms with E-state index in [2.05, 4.69) is 66.7 Å². The minimum absolute atomic E-state index is 0.0352. The summed E-state index contributed by atoms with van der Waals surface area (Å²) in [6.07, 6.45) is 2.36. The molecule has 1 atom stereocenters. The van der Waals surface area contributed by atoms with Crippen molar-refractivity contribution in [3.8, 4) is 0 Å².